The molecule has 3 rings (SSSR count). The third-order valence-corrected chi connectivity index (χ3v) is 3.53. The van der Waals surface area contributed by atoms with Gasteiger partial charge in [0.25, 0.3) is 0 Å². The Labute approximate surface area is 111 Å². The van der Waals surface area contributed by atoms with Crippen molar-refractivity contribution in [1.82, 2.24) is 19.9 Å². The molecule has 1 aliphatic heterocycles. The molecule has 1 saturated heterocycles. The molecular weight excluding hydrogens is 240 g/mol. The molecule has 0 unspecified atom stereocenters. The lowest BCUT2D eigenvalue weighted by Gasteiger charge is -2.27. The standard InChI is InChI=1S/C14H16N4O/c1-11-6-8-17(9-7-11)14(19)10-18-13-5-3-2-4-12(13)15-16-18/h2-5H,1,6-10H2. The molecule has 98 valence electrons. The van der Waals surface area contributed by atoms with E-state index in [1.165, 1.54) is 5.57 Å². The first-order chi connectivity index (χ1) is 9.24. The van der Waals surface area contributed by atoms with Crippen LogP contribution < -0.4 is 0 Å². The molecule has 1 amide bonds. The number of aromatic nitrogens is 3. The van der Waals surface area contributed by atoms with E-state index in [4.69, 9.17) is 0 Å². The molecule has 0 radical (unpaired) electrons. The topological polar surface area (TPSA) is 51.0 Å². The summed E-state index contributed by atoms with van der Waals surface area (Å²) >= 11 is 0. The molecule has 5 nitrogen and oxygen atoms in total. The fourth-order valence-corrected chi connectivity index (χ4v) is 2.33. The molecule has 0 atom stereocenters. The zero-order chi connectivity index (χ0) is 13.2. The lowest BCUT2D eigenvalue weighted by Crippen LogP contribution is -2.38. The van der Waals surface area contributed by atoms with E-state index in [1.807, 2.05) is 29.2 Å². The summed E-state index contributed by atoms with van der Waals surface area (Å²) in [5.41, 5.74) is 2.95. The van der Waals surface area contributed by atoms with Gasteiger partial charge in [-0.2, -0.15) is 0 Å². The highest BCUT2D eigenvalue weighted by Gasteiger charge is 2.19. The van der Waals surface area contributed by atoms with Crippen LogP contribution in [0.2, 0.25) is 0 Å². The van der Waals surface area contributed by atoms with Crippen molar-refractivity contribution in [3.8, 4) is 0 Å². The van der Waals surface area contributed by atoms with Gasteiger partial charge in [0.05, 0.1) is 5.52 Å². The molecule has 19 heavy (non-hydrogen) atoms. The van der Waals surface area contributed by atoms with Crippen LogP contribution in [0.3, 0.4) is 0 Å². The second-order valence-corrected chi connectivity index (χ2v) is 4.87. The largest absolute Gasteiger partial charge is 0.340 e. The van der Waals surface area contributed by atoms with Crippen molar-refractivity contribution in [2.75, 3.05) is 13.1 Å². The maximum atomic E-state index is 12.2. The Morgan fingerprint density at radius 1 is 1.26 bits per heavy atom. The molecule has 1 aromatic heterocycles. The Bertz CT molecular complexity index is 621. The first-order valence-corrected chi connectivity index (χ1v) is 6.47. The van der Waals surface area contributed by atoms with Crippen LogP contribution in [-0.2, 0) is 11.3 Å². The average Bonchev–Trinajstić information content (AvgIpc) is 2.83. The number of piperidine rings is 1. The summed E-state index contributed by atoms with van der Waals surface area (Å²) in [5, 5.41) is 8.10. The van der Waals surface area contributed by atoms with Crippen LogP contribution in [0.25, 0.3) is 11.0 Å². The first kappa shape index (κ1) is 11.9. The van der Waals surface area contributed by atoms with Crippen molar-refractivity contribution in [1.29, 1.82) is 0 Å². The number of nitrogens with zero attached hydrogens (tertiary/aromatic N) is 4. The number of amides is 1. The zero-order valence-corrected chi connectivity index (χ0v) is 10.7. The summed E-state index contributed by atoms with van der Waals surface area (Å²) in [7, 11) is 0. The van der Waals surface area contributed by atoms with E-state index in [0.717, 1.165) is 37.0 Å². The monoisotopic (exact) mass is 256 g/mol. The van der Waals surface area contributed by atoms with E-state index in [-0.39, 0.29) is 12.5 Å². The van der Waals surface area contributed by atoms with Gasteiger partial charge in [0.1, 0.15) is 12.1 Å². The summed E-state index contributed by atoms with van der Waals surface area (Å²) in [4.78, 5) is 14.1. The quantitative estimate of drug-likeness (QED) is 0.767. The summed E-state index contributed by atoms with van der Waals surface area (Å²) in [6, 6.07) is 7.67. The second-order valence-electron chi connectivity index (χ2n) is 4.87. The zero-order valence-electron chi connectivity index (χ0n) is 10.7. The van der Waals surface area contributed by atoms with E-state index in [1.54, 1.807) is 4.68 Å². The van der Waals surface area contributed by atoms with Gasteiger partial charge in [-0.15, -0.1) is 5.10 Å². The third kappa shape index (κ3) is 2.36. The average molecular weight is 256 g/mol. The Morgan fingerprint density at radius 2 is 2.00 bits per heavy atom. The second kappa shape index (κ2) is 4.84. The van der Waals surface area contributed by atoms with Gasteiger partial charge in [-0.25, -0.2) is 4.68 Å². The van der Waals surface area contributed by atoms with E-state index in [9.17, 15) is 4.79 Å². The van der Waals surface area contributed by atoms with Gasteiger partial charge in [-0.3, -0.25) is 4.79 Å². The molecule has 0 spiro atoms. The lowest BCUT2D eigenvalue weighted by atomic mass is 10.1. The number of likely N-dealkylation sites (tertiary alicyclic amines) is 1. The maximum absolute atomic E-state index is 12.2. The van der Waals surface area contributed by atoms with Crippen LogP contribution in [0.1, 0.15) is 12.8 Å². The van der Waals surface area contributed by atoms with Gasteiger partial charge in [-0.1, -0.05) is 29.5 Å². The molecule has 1 aromatic carbocycles. The van der Waals surface area contributed by atoms with Gasteiger partial charge in [0.15, 0.2) is 0 Å². The van der Waals surface area contributed by atoms with E-state index < -0.39 is 0 Å². The highest BCUT2D eigenvalue weighted by Crippen LogP contribution is 2.15. The number of carbonyl (C=O) groups excluding carboxylic acids is 1. The predicted molar refractivity (Wildman–Crippen MR) is 72.5 cm³/mol. The van der Waals surface area contributed by atoms with Crippen molar-refractivity contribution in [3.05, 3.63) is 36.4 Å². The first-order valence-electron chi connectivity index (χ1n) is 6.47. The molecule has 2 aromatic rings. The van der Waals surface area contributed by atoms with Crippen LogP contribution in [0, 0.1) is 0 Å². The molecule has 0 aliphatic carbocycles. The minimum Gasteiger partial charge on any atom is -0.340 e. The molecule has 0 bridgehead atoms. The van der Waals surface area contributed by atoms with Gasteiger partial charge in [0.2, 0.25) is 5.91 Å². The third-order valence-electron chi connectivity index (χ3n) is 3.53. The Hall–Kier alpha value is -2.17. The van der Waals surface area contributed by atoms with Crippen LogP contribution in [0.5, 0.6) is 0 Å². The van der Waals surface area contributed by atoms with E-state index in [0.29, 0.717) is 0 Å². The fraction of sp³-hybridized carbons (Fsp3) is 0.357. The fourth-order valence-electron chi connectivity index (χ4n) is 2.33. The number of carbonyl (C=O) groups is 1. The van der Waals surface area contributed by atoms with Crippen LogP contribution in [0.4, 0.5) is 0 Å². The van der Waals surface area contributed by atoms with Crippen molar-refractivity contribution in [3.63, 3.8) is 0 Å². The lowest BCUT2D eigenvalue weighted by molar-refractivity contribution is -0.132. The van der Waals surface area contributed by atoms with Gasteiger partial charge in [-0.05, 0) is 25.0 Å². The van der Waals surface area contributed by atoms with Gasteiger partial charge >= 0.3 is 0 Å². The van der Waals surface area contributed by atoms with Crippen LogP contribution in [0.15, 0.2) is 36.4 Å². The molecule has 5 heteroatoms. The van der Waals surface area contributed by atoms with Crippen molar-refractivity contribution in [2.45, 2.75) is 19.4 Å². The van der Waals surface area contributed by atoms with Crippen LogP contribution >= 0.6 is 0 Å². The Balaban J connectivity index is 1.74. The molecule has 2 heterocycles. The van der Waals surface area contributed by atoms with E-state index in [2.05, 4.69) is 16.9 Å². The molecule has 1 fully saturated rings. The van der Waals surface area contributed by atoms with Crippen LogP contribution in [-0.4, -0.2) is 38.9 Å². The highest BCUT2D eigenvalue weighted by atomic mass is 16.2. The maximum Gasteiger partial charge on any atom is 0.244 e. The minimum atomic E-state index is 0.100. The van der Waals surface area contributed by atoms with Gasteiger partial charge in [0, 0.05) is 13.1 Å². The van der Waals surface area contributed by atoms with Crippen molar-refractivity contribution >= 4 is 16.9 Å². The number of rotatable bonds is 2. The predicted octanol–water partition coefficient (Wildman–Crippen LogP) is 1.61. The number of fused-ring (bicyclic) bond motifs is 1. The Morgan fingerprint density at radius 3 is 2.79 bits per heavy atom. The summed E-state index contributed by atoms with van der Waals surface area (Å²) in [5.74, 6) is 0.100. The van der Waals surface area contributed by atoms with Crippen molar-refractivity contribution in [2.24, 2.45) is 0 Å². The number of hydrogen-bond acceptors (Lipinski definition) is 3. The van der Waals surface area contributed by atoms with E-state index >= 15 is 0 Å². The summed E-state index contributed by atoms with van der Waals surface area (Å²) < 4.78 is 1.67. The highest BCUT2D eigenvalue weighted by molar-refractivity contribution is 5.79. The van der Waals surface area contributed by atoms with Crippen molar-refractivity contribution < 1.29 is 4.79 Å². The number of benzene rings is 1. The molecule has 0 N–H and O–H groups in total. The smallest absolute Gasteiger partial charge is 0.244 e. The summed E-state index contributed by atoms with van der Waals surface area (Å²) in [6.45, 7) is 5.75. The van der Waals surface area contributed by atoms with Gasteiger partial charge < -0.3 is 4.90 Å². The normalized spacial score (nSPS) is 16.0. The molecular formula is C14H16N4O. The Kier molecular flexibility index (Phi) is 3.03. The summed E-state index contributed by atoms with van der Waals surface area (Å²) in [6.07, 6.45) is 1.81. The molecule has 1 aliphatic rings. The number of para-hydroxylation sites is 1. The number of hydrogen-bond donors (Lipinski definition) is 0. The minimum absolute atomic E-state index is 0.100. The SMILES string of the molecule is C=C1CCN(C(=O)Cn2nnc3ccccc32)CC1. The molecule has 0 saturated carbocycles.